The minimum Gasteiger partial charge on any atom is -0.375 e. The molecular formula is C41H57N7O5S. The highest BCUT2D eigenvalue weighted by Crippen LogP contribution is 2.30. The van der Waals surface area contributed by atoms with Crippen LogP contribution in [0.4, 0.5) is 5.69 Å². The average Bonchev–Trinajstić information content (AvgIpc) is 3.82. The van der Waals surface area contributed by atoms with E-state index < -0.39 is 17.5 Å². The lowest BCUT2D eigenvalue weighted by molar-refractivity contribution is -0.144. The minimum absolute atomic E-state index is 0.127. The van der Waals surface area contributed by atoms with Gasteiger partial charge in [0.15, 0.2) is 0 Å². The Kier molecular flexibility index (Phi) is 14.2. The van der Waals surface area contributed by atoms with Crippen LogP contribution < -0.4 is 27.0 Å². The number of hydrogen-bond donors (Lipinski definition) is 4. The van der Waals surface area contributed by atoms with Crippen LogP contribution in [-0.2, 0) is 37.1 Å². The Morgan fingerprint density at radius 3 is 2.30 bits per heavy atom. The largest absolute Gasteiger partial charge is 0.375 e. The van der Waals surface area contributed by atoms with Gasteiger partial charge in [-0.1, -0.05) is 57.2 Å². The highest BCUT2D eigenvalue weighted by molar-refractivity contribution is 7.13. The van der Waals surface area contributed by atoms with Crippen LogP contribution in [0.5, 0.6) is 0 Å². The Morgan fingerprint density at radius 2 is 1.67 bits per heavy atom. The number of hydrogen-bond acceptors (Lipinski definition) is 9. The van der Waals surface area contributed by atoms with Gasteiger partial charge in [-0.3, -0.25) is 19.2 Å². The van der Waals surface area contributed by atoms with Crippen LogP contribution in [0.25, 0.3) is 10.4 Å². The molecule has 2 saturated heterocycles. The molecule has 54 heavy (non-hydrogen) atoms. The Morgan fingerprint density at radius 1 is 0.981 bits per heavy atom. The van der Waals surface area contributed by atoms with E-state index in [0.717, 1.165) is 65.3 Å². The molecule has 0 unspecified atom stereocenters. The smallest absolute Gasteiger partial charge is 0.246 e. The monoisotopic (exact) mass is 759 g/mol. The molecule has 292 valence electrons. The van der Waals surface area contributed by atoms with Gasteiger partial charge in [-0.05, 0) is 79.2 Å². The van der Waals surface area contributed by atoms with Crippen LogP contribution in [0.15, 0.2) is 54.0 Å². The van der Waals surface area contributed by atoms with E-state index >= 15 is 0 Å². The van der Waals surface area contributed by atoms with Crippen molar-refractivity contribution in [3.05, 3.63) is 70.9 Å². The van der Waals surface area contributed by atoms with Crippen molar-refractivity contribution in [3.63, 3.8) is 0 Å². The Bertz CT molecular complexity index is 1710. The molecule has 13 heteroatoms. The molecule has 3 heterocycles. The molecule has 1 aromatic heterocycles. The van der Waals surface area contributed by atoms with Crippen molar-refractivity contribution in [3.8, 4) is 10.4 Å². The first kappa shape index (κ1) is 40.8. The zero-order valence-electron chi connectivity index (χ0n) is 32.1. The number of benzene rings is 2. The fourth-order valence-electron chi connectivity index (χ4n) is 7.20. The normalized spacial score (nSPS) is 17.6. The standard InChI is InChI=1S/C41H57N7O5S/c1-27-37(54-26-45-27)31-11-7-29(8-12-31)23-44-39(51)34-6-5-19-48(34)40(52)38(41(2,3)4)46-36(50)22-28-17-20-47(21-18-28)33-14-9-30(10-15-33)24-53-25-32(42)13-16-35(43)49/h7-12,14-15,26,28,32,34,38H,5-6,13,16-25,42H2,1-4H3,(H2,43,49)(H,44,51)(H,46,50)/t32-,34-,38+/m0/s1. The van der Waals surface area contributed by atoms with E-state index in [2.05, 4.69) is 32.7 Å². The summed E-state index contributed by atoms with van der Waals surface area (Å²) in [4.78, 5) is 61.3. The molecule has 2 aliphatic heterocycles. The van der Waals surface area contributed by atoms with Gasteiger partial charge in [0.25, 0.3) is 0 Å². The van der Waals surface area contributed by atoms with E-state index in [1.807, 2.05) is 69.6 Å². The summed E-state index contributed by atoms with van der Waals surface area (Å²) in [6, 6.07) is 14.8. The summed E-state index contributed by atoms with van der Waals surface area (Å²) in [6.07, 6.45) is 4.20. The van der Waals surface area contributed by atoms with Crippen molar-refractivity contribution < 1.29 is 23.9 Å². The number of rotatable bonds is 16. The third-order valence-electron chi connectivity index (χ3n) is 10.4. The second-order valence-electron chi connectivity index (χ2n) is 15.8. The Balaban J connectivity index is 1.07. The van der Waals surface area contributed by atoms with Crippen LogP contribution >= 0.6 is 11.3 Å². The van der Waals surface area contributed by atoms with E-state index in [4.69, 9.17) is 16.2 Å². The molecule has 0 radical (unpaired) electrons. The molecule has 0 bridgehead atoms. The summed E-state index contributed by atoms with van der Waals surface area (Å²) in [7, 11) is 0. The van der Waals surface area contributed by atoms with Gasteiger partial charge < -0.3 is 36.6 Å². The molecule has 0 aliphatic carbocycles. The van der Waals surface area contributed by atoms with Crippen LogP contribution in [0.3, 0.4) is 0 Å². The molecule has 5 rings (SSSR count). The molecule has 3 aromatic rings. The molecular weight excluding hydrogens is 703 g/mol. The topological polar surface area (TPSA) is 173 Å². The van der Waals surface area contributed by atoms with E-state index in [9.17, 15) is 19.2 Å². The van der Waals surface area contributed by atoms with Crippen molar-refractivity contribution in [2.24, 2.45) is 22.8 Å². The van der Waals surface area contributed by atoms with Gasteiger partial charge in [-0.2, -0.15) is 0 Å². The zero-order valence-corrected chi connectivity index (χ0v) is 33.0. The van der Waals surface area contributed by atoms with Crippen molar-refractivity contribution in [1.29, 1.82) is 0 Å². The summed E-state index contributed by atoms with van der Waals surface area (Å²) in [5.74, 6) is -0.643. The van der Waals surface area contributed by atoms with Crippen LogP contribution in [0.1, 0.15) is 82.5 Å². The summed E-state index contributed by atoms with van der Waals surface area (Å²) in [6.45, 7) is 11.2. The first-order chi connectivity index (χ1) is 25.8. The first-order valence-corrected chi connectivity index (χ1v) is 20.0. The molecule has 2 aromatic carbocycles. The van der Waals surface area contributed by atoms with E-state index in [0.29, 0.717) is 45.6 Å². The minimum atomic E-state index is -0.741. The molecule has 3 atom stereocenters. The number of nitrogens with zero attached hydrogens (tertiary/aromatic N) is 3. The number of nitrogens with one attached hydrogen (secondary N) is 2. The fraction of sp³-hybridized carbons (Fsp3) is 0.537. The van der Waals surface area contributed by atoms with Crippen LogP contribution in [0.2, 0.25) is 0 Å². The van der Waals surface area contributed by atoms with Crippen molar-refractivity contribution in [2.45, 2.75) is 104 Å². The van der Waals surface area contributed by atoms with Crippen LogP contribution in [-0.4, -0.2) is 77.9 Å². The van der Waals surface area contributed by atoms with E-state index in [-0.39, 0.29) is 42.0 Å². The number of carbonyl (C=O) groups is 4. The molecule has 2 aliphatic rings. The van der Waals surface area contributed by atoms with Gasteiger partial charge in [0, 0.05) is 50.7 Å². The molecule has 0 spiro atoms. The third-order valence-corrected chi connectivity index (χ3v) is 11.4. The lowest BCUT2D eigenvalue weighted by atomic mass is 9.85. The predicted molar refractivity (Wildman–Crippen MR) is 212 cm³/mol. The molecule has 12 nitrogen and oxygen atoms in total. The fourth-order valence-corrected chi connectivity index (χ4v) is 8.01. The molecule has 2 fully saturated rings. The van der Waals surface area contributed by atoms with Crippen molar-refractivity contribution >= 4 is 40.7 Å². The number of amides is 4. The number of nitrogens with two attached hydrogens (primary N) is 2. The Hall–Kier alpha value is -4.33. The maximum Gasteiger partial charge on any atom is 0.246 e. The lowest BCUT2D eigenvalue weighted by Crippen LogP contribution is -2.57. The average molecular weight is 760 g/mol. The number of likely N-dealkylation sites (tertiary alicyclic amines) is 1. The third kappa shape index (κ3) is 11.3. The highest BCUT2D eigenvalue weighted by Gasteiger charge is 2.42. The second-order valence-corrected chi connectivity index (χ2v) is 16.7. The molecule has 4 amide bonds. The SMILES string of the molecule is Cc1ncsc1-c1ccc(CNC(=O)[C@@H]2CCCN2C(=O)[C@@H](NC(=O)CC2CCN(c3ccc(COC[C@@H](N)CCC(N)=O)cc3)CC2)C(C)(C)C)cc1. The van der Waals surface area contributed by atoms with Gasteiger partial charge in [-0.25, -0.2) is 4.98 Å². The maximum atomic E-state index is 14.0. The Labute approximate surface area is 323 Å². The number of ether oxygens (including phenoxy) is 1. The molecule has 0 saturated carbocycles. The quantitative estimate of drug-likeness (QED) is 0.163. The maximum absolute atomic E-state index is 14.0. The van der Waals surface area contributed by atoms with Gasteiger partial charge in [-0.15, -0.1) is 11.3 Å². The summed E-state index contributed by atoms with van der Waals surface area (Å²) in [5, 5.41) is 6.13. The number of aryl methyl sites for hydroxylation is 1. The highest BCUT2D eigenvalue weighted by atomic mass is 32.1. The summed E-state index contributed by atoms with van der Waals surface area (Å²) >= 11 is 1.61. The van der Waals surface area contributed by atoms with Gasteiger partial charge in [0.05, 0.1) is 29.3 Å². The van der Waals surface area contributed by atoms with Crippen molar-refractivity contribution in [2.75, 3.05) is 31.1 Å². The van der Waals surface area contributed by atoms with Crippen LogP contribution in [0, 0.1) is 18.3 Å². The number of carbonyl (C=O) groups excluding carboxylic acids is 4. The number of primary amides is 1. The summed E-state index contributed by atoms with van der Waals surface area (Å²) in [5.41, 5.74) is 17.7. The number of aromatic nitrogens is 1. The number of anilines is 1. The van der Waals surface area contributed by atoms with E-state index in [1.54, 1.807) is 16.2 Å². The number of thiazole rings is 1. The molecule has 6 N–H and O–H groups in total. The second kappa shape index (κ2) is 18.8. The predicted octanol–water partition coefficient (Wildman–Crippen LogP) is 4.67. The van der Waals surface area contributed by atoms with Gasteiger partial charge >= 0.3 is 0 Å². The van der Waals surface area contributed by atoms with E-state index in [1.165, 1.54) is 0 Å². The van der Waals surface area contributed by atoms with Gasteiger partial charge in [0.2, 0.25) is 23.6 Å². The summed E-state index contributed by atoms with van der Waals surface area (Å²) < 4.78 is 5.73. The van der Waals surface area contributed by atoms with Crippen molar-refractivity contribution in [1.82, 2.24) is 20.5 Å². The first-order valence-electron chi connectivity index (χ1n) is 19.1. The van der Waals surface area contributed by atoms with Gasteiger partial charge in [0.1, 0.15) is 12.1 Å². The lowest BCUT2D eigenvalue weighted by Gasteiger charge is -2.36. The number of piperidine rings is 1. The zero-order chi connectivity index (χ0) is 38.8.